The van der Waals surface area contributed by atoms with Crippen LogP contribution in [0.1, 0.15) is 40.3 Å². The monoisotopic (exact) mass is 516 g/mol. The van der Waals surface area contributed by atoms with Crippen LogP contribution in [0.15, 0.2) is 70.7 Å². The van der Waals surface area contributed by atoms with Gasteiger partial charge >= 0.3 is 6.03 Å². The number of urea groups is 1. The van der Waals surface area contributed by atoms with Gasteiger partial charge in [0.1, 0.15) is 5.57 Å². The van der Waals surface area contributed by atoms with E-state index in [2.05, 4.69) is 53.3 Å². The molecule has 0 saturated carbocycles. The first-order valence-electron chi connectivity index (χ1n) is 11.1. The van der Waals surface area contributed by atoms with E-state index in [4.69, 9.17) is 0 Å². The van der Waals surface area contributed by atoms with Gasteiger partial charge in [0.25, 0.3) is 11.8 Å². The third kappa shape index (κ3) is 5.02. The van der Waals surface area contributed by atoms with E-state index >= 15 is 0 Å². The molecular formula is C28H25BrN2O3. The molecule has 1 aliphatic heterocycles. The molecule has 4 rings (SSSR count). The van der Waals surface area contributed by atoms with E-state index in [9.17, 15) is 14.4 Å². The fourth-order valence-corrected chi connectivity index (χ4v) is 4.66. The van der Waals surface area contributed by atoms with E-state index in [1.54, 1.807) is 12.1 Å². The van der Waals surface area contributed by atoms with Crippen LogP contribution in [-0.4, -0.2) is 17.8 Å². The number of anilines is 1. The lowest BCUT2D eigenvalue weighted by Crippen LogP contribution is -2.54. The maximum absolute atomic E-state index is 13.1. The van der Waals surface area contributed by atoms with Crippen molar-refractivity contribution in [2.75, 3.05) is 4.90 Å². The van der Waals surface area contributed by atoms with Crippen molar-refractivity contribution < 1.29 is 14.4 Å². The molecule has 0 unspecified atom stereocenters. The van der Waals surface area contributed by atoms with Gasteiger partial charge < -0.3 is 0 Å². The van der Waals surface area contributed by atoms with Crippen molar-refractivity contribution in [2.45, 2.75) is 33.6 Å². The summed E-state index contributed by atoms with van der Waals surface area (Å²) in [4.78, 5) is 39.0. The summed E-state index contributed by atoms with van der Waals surface area (Å²) in [6.07, 6.45) is 3.12. The van der Waals surface area contributed by atoms with Gasteiger partial charge in [-0.15, -0.1) is 0 Å². The fraction of sp³-hybridized carbons (Fsp3) is 0.179. The Morgan fingerprint density at radius 2 is 1.56 bits per heavy atom. The molecule has 1 aliphatic rings. The van der Waals surface area contributed by atoms with Crippen molar-refractivity contribution in [2.24, 2.45) is 0 Å². The van der Waals surface area contributed by atoms with Crippen LogP contribution in [-0.2, 0) is 22.4 Å². The van der Waals surface area contributed by atoms with Gasteiger partial charge in [-0.05, 0) is 73.2 Å². The highest BCUT2D eigenvalue weighted by molar-refractivity contribution is 9.10. The van der Waals surface area contributed by atoms with Crippen LogP contribution >= 0.6 is 15.9 Å². The van der Waals surface area contributed by atoms with Gasteiger partial charge in [-0.25, -0.2) is 9.69 Å². The molecule has 3 aromatic rings. The number of halogens is 1. The van der Waals surface area contributed by atoms with Crippen molar-refractivity contribution in [3.8, 4) is 0 Å². The summed E-state index contributed by atoms with van der Waals surface area (Å²) in [7, 11) is 0. The number of nitrogens with one attached hydrogen (secondary N) is 1. The number of carbonyl (C=O) groups is 3. The number of benzene rings is 3. The number of hydrogen-bond donors (Lipinski definition) is 1. The highest BCUT2D eigenvalue weighted by atomic mass is 79.9. The minimum atomic E-state index is -0.749. The lowest BCUT2D eigenvalue weighted by atomic mass is 9.99. The summed E-state index contributed by atoms with van der Waals surface area (Å²) in [6.45, 7) is 6.19. The Morgan fingerprint density at radius 1 is 0.882 bits per heavy atom. The van der Waals surface area contributed by atoms with Gasteiger partial charge in [-0.1, -0.05) is 76.4 Å². The zero-order chi connectivity index (χ0) is 24.4. The first-order chi connectivity index (χ1) is 16.2. The zero-order valence-electron chi connectivity index (χ0n) is 19.3. The maximum Gasteiger partial charge on any atom is 0.335 e. The average molecular weight is 517 g/mol. The number of carbonyl (C=O) groups excluding carboxylic acids is 3. The average Bonchev–Trinajstić information content (AvgIpc) is 2.78. The summed E-state index contributed by atoms with van der Waals surface area (Å²) < 4.78 is 0.882. The van der Waals surface area contributed by atoms with Crippen LogP contribution in [0.5, 0.6) is 0 Å². The molecule has 1 N–H and O–H groups in total. The molecule has 0 atom stereocenters. The SMILES string of the molecule is CCc1ccc(N2C(=O)NC(=O)/C(=C\c3ccc(Cc4cc(C)cc(C)c4)c(Br)c3)C2=O)cc1. The van der Waals surface area contributed by atoms with Gasteiger partial charge in [0.05, 0.1) is 5.69 Å². The molecule has 0 aliphatic carbocycles. The van der Waals surface area contributed by atoms with Crippen molar-refractivity contribution >= 4 is 45.5 Å². The topological polar surface area (TPSA) is 66.5 Å². The number of aryl methyl sites for hydroxylation is 3. The first kappa shape index (κ1) is 23.6. The lowest BCUT2D eigenvalue weighted by molar-refractivity contribution is -0.122. The second-order valence-corrected chi connectivity index (χ2v) is 9.36. The lowest BCUT2D eigenvalue weighted by Gasteiger charge is -2.26. The van der Waals surface area contributed by atoms with Crippen molar-refractivity contribution in [3.63, 3.8) is 0 Å². The fourth-order valence-electron chi connectivity index (χ4n) is 4.13. The van der Waals surface area contributed by atoms with Crippen molar-refractivity contribution in [1.82, 2.24) is 5.32 Å². The summed E-state index contributed by atoms with van der Waals surface area (Å²) in [6, 6.07) is 18.6. The number of amides is 4. The Labute approximate surface area is 207 Å². The van der Waals surface area contributed by atoms with E-state index in [1.165, 1.54) is 22.8 Å². The highest BCUT2D eigenvalue weighted by Gasteiger charge is 2.36. The van der Waals surface area contributed by atoms with E-state index in [0.29, 0.717) is 11.3 Å². The number of hydrogen-bond acceptors (Lipinski definition) is 3. The van der Waals surface area contributed by atoms with Gasteiger partial charge in [0.2, 0.25) is 0 Å². The molecule has 1 fully saturated rings. The molecule has 1 saturated heterocycles. The summed E-state index contributed by atoms with van der Waals surface area (Å²) >= 11 is 3.63. The third-order valence-corrected chi connectivity index (χ3v) is 6.51. The number of nitrogens with zero attached hydrogens (tertiary/aromatic N) is 1. The van der Waals surface area contributed by atoms with Crippen LogP contribution < -0.4 is 10.2 Å². The molecule has 0 spiro atoms. The third-order valence-electron chi connectivity index (χ3n) is 5.77. The molecule has 0 aromatic heterocycles. The summed E-state index contributed by atoms with van der Waals surface area (Å²) in [5.41, 5.74) is 6.86. The Hall–Kier alpha value is -3.51. The zero-order valence-corrected chi connectivity index (χ0v) is 20.9. The molecule has 6 heteroatoms. The second kappa shape index (κ2) is 9.77. The molecule has 4 amide bonds. The minimum Gasteiger partial charge on any atom is -0.273 e. The minimum absolute atomic E-state index is 0.0897. The van der Waals surface area contributed by atoms with Crippen molar-refractivity contribution in [3.05, 3.63) is 104 Å². The normalized spacial score (nSPS) is 15.1. The van der Waals surface area contributed by atoms with Crippen molar-refractivity contribution in [1.29, 1.82) is 0 Å². The van der Waals surface area contributed by atoms with Gasteiger partial charge in [0.15, 0.2) is 0 Å². The first-order valence-corrected chi connectivity index (χ1v) is 11.9. The largest absolute Gasteiger partial charge is 0.335 e. The number of barbiturate groups is 1. The Kier molecular flexibility index (Phi) is 6.80. The van der Waals surface area contributed by atoms with Gasteiger partial charge in [-0.3, -0.25) is 14.9 Å². The van der Waals surface area contributed by atoms with Gasteiger partial charge in [-0.2, -0.15) is 0 Å². The molecule has 0 radical (unpaired) electrons. The Morgan fingerprint density at radius 3 is 2.18 bits per heavy atom. The number of rotatable bonds is 5. The van der Waals surface area contributed by atoms with E-state index < -0.39 is 17.8 Å². The molecule has 172 valence electrons. The standard InChI is InChI=1S/C28H25BrN2O3/c1-4-19-6-9-23(10-7-19)31-27(33)24(26(32)30-28(31)34)15-20-5-8-22(25(29)16-20)14-21-12-17(2)11-18(3)13-21/h5-13,15-16H,4,14H2,1-3H3,(H,30,32,34)/b24-15+. The predicted molar refractivity (Wildman–Crippen MR) is 138 cm³/mol. The molecule has 34 heavy (non-hydrogen) atoms. The molecular weight excluding hydrogens is 492 g/mol. The van der Waals surface area contributed by atoms with E-state index in [-0.39, 0.29) is 5.57 Å². The highest BCUT2D eigenvalue weighted by Crippen LogP contribution is 2.26. The second-order valence-electron chi connectivity index (χ2n) is 8.50. The number of imide groups is 2. The van der Waals surface area contributed by atoms with Crippen LogP contribution in [0.25, 0.3) is 6.08 Å². The van der Waals surface area contributed by atoms with Crippen LogP contribution in [0, 0.1) is 13.8 Å². The molecule has 3 aromatic carbocycles. The Balaban J connectivity index is 1.61. The van der Waals surface area contributed by atoms with Gasteiger partial charge in [0, 0.05) is 4.47 Å². The Bertz CT molecular complexity index is 1310. The molecule has 5 nitrogen and oxygen atoms in total. The molecule has 1 heterocycles. The van der Waals surface area contributed by atoms with Crippen LogP contribution in [0.3, 0.4) is 0 Å². The predicted octanol–water partition coefficient (Wildman–Crippen LogP) is 5.89. The van der Waals surface area contributed by atoms with E-state index in [0.717, 1.165) is 33.3 Å². The molecule has 0 bridgehead atoms. The quantitative estimate of drug-likeness (QED) is 0.339. The summed E-state index contributed by atoms with van der Waals surface area (Å²) in [5, 5.41) is 2.27. The van der Waals surface area contributed by atoms with Crippen LogP contribution in [0.2, 0.25) is 0 Å². The maximum atomic E-state index is 13.1. The van der Waals surface area contributed by atoms with Crippen LogP contribution in [0.4, 0.5) is 10.5 Å². The smallest absolute Gasteiger partial charge is 0.273 e. The van der Waals surface area contributed by atoms with E-state index in [1.807, 2.05) is 37.3 Å². The summed E-state index contributed by atoms with van der Waals surface area (Å²) in [5.74, 6) is -1.35.